The molecule has 0 bridgehead atoms. The Hall–Kier alpha value is -1.47. The number of alkyl halides is 1. The minimum Gasteiger partial charge on any atom is -0.482 e. The van der Waals surface area contributed by atoms with E-state index in [1.807, 2.05) is 0 Å². The topological polar surface area (TPSA) is 61.8 Å². The normalized spacial score (nSPS) is 12.2. The highest BCUT2D eigenvalue weighted by atomic mass is 79.9. The minimum atomic E-state index is -1.01. The molecule has 0 radical (unpaired) electrons. The van der Waals surface area contributed by atoms with E-state index in [9.17, 15) is 9.59 Å². The Morgan fingerprint density at radius 1 is 1.03 bits per heavy atom. The molecule has 0 aliphatic heterocycles. The maximum absolute atomic E-state index is 12.7. The van der Waals surface area contributed by atoms with Crippen LogP contribution in [0.2, 0.25) is 15.1 Å². The van der Waals surface area contributed by atoms with E-state index in [1.54, 1.807) is 50.2 Å². The van der Waals surface area contributed by atoms with Crippen molar-refractivity contribution in [3.63, 3.8) is 0 Å². The molecule has 0 aliphatic rings. The second-order valence-electron chi connectivity index (χ2n) is 6.66. The Bertz CT molecular complexity index is 871. The highest BCUT2D eigenvalue weighted by molar-refractivity contribution is 9.09. The van der Waals surface area contributed by atoms with Crippen LogP contribution in [0.15, 0.2) is 42.5 Å². The van der Waals surface area contributed by atoms with Gasteiger partial charge in [-0.3, -0.25) is 4.79 Å². The molecule has 0 heterocycles. The minimum absolute atomic E-state index is 0.144. The molecule has 0 aromatic heterocycles. The van der Waals surface area contributed by atoms with Crippen LogP contribution < -0.4 is 9.47 Å². The van der Waals surface area contributed by atoms with Crippen molar-refractivity contribution in [2.24, 2.45) is 5.41 Å². The van der Waals surface area contributed by atoms with Crippen molar-refractivity contribution in [2.75, 3.05) is 13.2 Å². The van der Waals surface area contributed by atoms with Gasteiger partial charge in [-0.05, 0) is 72.2 Å². The average Bonchev–Trinajstić information content (AvgIpc) is 2.67. The summed E-state index contributed by atoms with van der Waals surface area (Å²) in [6.45, 7) is 2.85. The van der Waals surface area contributed by atoms with Crippen molar-refractivity contribution in [3.05, 3.63) is 57.5 Å². The maximum Gasteiger partial charge on any atom is 0.344 e. The number of carbonyl (C=O) groups is 2. The van der Waals surface area contributed by atoms with Crippen LogP contribution >= 0.6 is 50.7 Å². The summed E-state index contributed by atoms with van der Waals surface area (Å²) in [6.07, 6.45) is 0. The third-order valence-corrected chi connectivity index (χ3v) is 5.15. The predicted molar refractivity (Wildman–Crippen MR) is 116 cm³/mol. The van der Waals surface area contributed by atoms with Crippen molar-refractivity contribution in [2.45, 2.75) is 18.9 Å². The number of hydrogen-bond donors (Lipinski definition) is 0. The van der Waals surface area contributed by atoms with Gasteiger partial charge in [-0.2, -0.15) is 0 Å². The van der Waals surface area contributed by atoms with E-state index < -0.39 is 16.4 Å². The molecule has 0 N–H and O–H groups in total. The Morgan fingerprint density at radius 3 is 2.28 bits per heavy atom. The first-order valence-electron chi connectivity index (χ1n) is 8.42. The number of hydrogen-bond acceptors (Lipinski definition) is 5. The van der Waals surface area contributed by atoms with Gasteiger partial charge in [0.05, 0.1) is 10.4 Å². The highest BCUT2D eigenvalue weighted by Gasteiger charge is 2.35. The molecule has 0 amide bonds. The molecule has 2 rings (SSSR count). The van der Waals surface area contributed by atoms with Gasteiger partial charge in [-0.25, -0.2) is 4.79 Å². The summed E-state index contributed by atoms with van der Waals surface area (Å²) in [7, 11) is 0. The third-order valence-electron chi connectivity index (χ3n) is 3.76. The van der Waals surface area contributed by atoms with Crippen LogP contribution in [0.4, 0.5) is 0 Å². The molecule has 0 aliphatic carbocycles. The third kappa shape index (κ3) is 7.37. The van der Waals surface area contributed by atoms with Gasteiger partial charge in [0, 0.05) is 10.0 Å². The Kier molecular flexibility index (Phi) is 8.64. The molecule has 1 unspecified atom stereocenters. The SMILES string of the molecule is CC(C)(COC(=O)COc1ccc(Cl)cc1)C(=O)C(Br)Oc1ccc(Cl)cc1Cl. The summed E-state index contributed by atoms with van der Waals surface area (Å²) in [4.78, 5) is 24.6. The molecule has 2 aromatic rings. The molecule has 0 saturated heterocycles. The first-order valence-corrected chi connectivity index (χ1v) is 10.5. The Labute approximate surface area is 192 Å². The smallest absolute Gasteiger partial charge is 0.344 e. The van der Waals surface area contributed by atoms with E-state index in [1.165, 1.54) is 6.07 Å². The van der Waals surface area contributed by atoms with Crippen molar-refractivity contribution in [3.8, 4) is 11.5 Å². The zero-order chi connectivity index (χ0) is 21.6. The largest absolute Gasteiger partial charge is 0.482 e. The average molecular weight is 525 g/mol. The van der Waals surface area contributed by atoms with Crippen molar-refractivity contribution in [1.29, 1.82) is 0 Å². The van der Waals surface area contributed by atoms with Crippen molar-refractivity contribution in [1.82, 2.24) is 0 Å². The van der Waals surface area contributed by atoms with Crippen LogP contribution in [0.25, 0.3) is 0 Å². The van der Waals surface area contributed by atoms with Gasteiger partial charge >= 0.3 is 5.97 Å². The monoisotopic (exact) mass is 522 g/mol. The summed E-state index contributed by atoms with van der Waals surface area (Å²) in [5, 5.41) is 0.304. The molecular weight excluding hydrogens is 506 g/mol. The number of esters is 1. The van der Waals surface area contributed by atoms with Crippen LogP contribution in [0.1, 0.15) is 13.8 Å². The summed E-state index contributed by atoms with van der Waals surface area (Å²) in [5.41, 5.74) is -1.01. The van der Waals surface area contributed by atoms with Gasteiger partial charge in [0.25, 0.3) is 0 Å². The number of ether oxygens (including phenoxy) is 3. The number of benzene rings is 2. The highest BCUT2D eigenvalue weighted by Crippen LogP contribution is 2.31. The second kappa shape index (κ2) is 10.5. The predicted octanol–water partition coefficient (Wildman–Crippen LogP) is 5.96. The second-order valence-corrected chi connectivity index (χ2v) is 8.77. The van der Waals surface area contributed by atoms with Crippen molar-refractivity contribution >= 4 is 62.5 Å². The van der Waals surface area contributed by atoms with Crippen LogP contribution in [0.5, 0.6) is 11.5 Å². The molecular formula is C20H18BrCl3O5. The van der Waals surface area contributed by atoms with Gasteiger partial charge in [-0.1, -0.05) is 34.8 Å². The van der Waals surface area contributed by atoms with Gasteiger partial charge in [0.15, 0.2) is 12.4 Å². The molecule has 5 nitrogen and oxygen atoms in total. The van der Waals surface area contributed by atoms with E-state index in [0.29, 0.717) is 21.5 Å². The Balaban J connectivity index is 1.85. The lowest BCUT2D eigenvalue weighted by atomic mass is 9.89. The molecule has 156 valence electrons. The number of halogens is 4. The zero-order valence-electron chi connectivity index (χ0n) is 15.6. The molecule has 1 atom stereocenters. The molecule has 29 heavy (non-hydrogen) atoms. The van der Waals surface area contributed by atoms with Gasteiger partial charge < -0.3 is 14.2 Å². The number of Topliss-reactive ketones (excluding diaryl/α,β-unsaturated/α-hetero) is 1. The van der Waals surface area contributed by atoms with Crippen LogP contribution in [-0.2, 0) is 14.3 Å². The van der Waals surface area contributed by atoms with Gasteiger partial charge in [0.2, 0.25) is 5.01 Å². The Morgan fingerprint density at radius 2 is 1.66 bits per heavy atom. The van der Waals surface area contributed by atoms with Crippen LogP contribution in [0, 0.1) is 5.41 Å². The lowest BCUT2D eigenvalue weighted by Gasteiger charge is -2.25. The molecule has 0 fully saturated rings. The van der Waals surface area contributed by atoms with E-state index in [-0.39, 0.29) is 24.0 Å². The number of ketones is 1. The lowest BCUT2D eigenvalue weighted by molar-refractivity contribution is -0.151. The van der Waals surface area contributed by atoms with Gasteiger partial charge in [-0.15, -0.1) is 0 Å². The molecule has 2 aromatic carbocycles. The first kappa shape index (κ1) is 23.8. The number of rotatable bonds is 9. The van der Waals surface area contributed by atoms with E-state index in [4.69, 9.17) is 49.0 Å². The van der Waals surface area contributed by atoms with E-state index >= 15 is 0 Å². The zero-order valence-corrected chi connectivity index (χ0v) is 19.4. The first-order chi connectivity index (χ1) is 13.6. The van der Waals surface area contributed by atoms with E-state index in [0.717, 1.165) is 0 Å². The summed E-state index contributed by atoms with van der Waals surface area (Å²) < 4.78 is 16.1. The summed E-state index contributed by atoms with van der Waals surface area (Å²) in [6, 6.07) is 11.2. The molecule has 0 saturated carbocycles. The van der Waals surface area contributed by atoms with Crippen LogP contribution in [-0.4, -0.2) is 30.0 Å². The maximum atomic E-state index is 12.7. The fourth-order valence-electron chi connectivity index (χ4n) is 2.09. The summed E-state index contributed by atoms with van der Waals surface area (Å²) >= 11 is 20.9. The number of carbonyl (C=O) groups excluding carboxylic acids is 2. The molecule has 0 spiro atoms. The lowest BCUT2D eigenvalue weighted by Crippen LogP contribution is -2.39. The molecule has 9 heteroatoms. The van der Waals surface area contributed by atoms with Gasteiger partial charge in [0.1, 0.15) is 18.1 Å². The summed E-state index contributed by atoms with van der Waals surface area (Å²) in [5.74, 6) is -0.144. The standard InChI is InChI=1S/C20H18BrCl3O5/c1-20(2,11-28-17(25)10-27-14-6-3-12(22)4-7-14)18(26)19(21)29-16-8-5-13(23)9-15(16)24/h3-9,19H,10-11H2,1-2H3. The quantitative estimate of drug-likeness (QED) is 0.299. The van der Waals surface area contributed by atoms with E-state index in [2.05, 4.69) is 15.9 Å². The fraction of sp³-hybridized carbons (Fsp3) is 0.300. The van der Waals surface area contributed by atoms with Crippen molar-refractivity contribution < 1.29 is 23.8 Å². The fourth-order valence-corrected chi connectivity index (χ4v) is 3.49. The van der Waals surface area contributed by atoms with Crippen LogP contribution in [0.3, 0.4) is 0 Å².